The number of benzene rings is 1. The van der Waals surface area contributed by atoms with Gasteiger partial charge < -0.3 is 14.8 Å². The third kappa shape index (κ3) is 3.07. The molecule has 1 N–H and O–H groups in total. The minimum absolute atomic E-state index is 0.0360. The molecule has 0 aromatic heterocycles. The molecule has 0 aliphatic carbocycles. The van der Waals surface area contributed by atoms with E-state index in [2.05, 4.69) is 5.32 Å². The van der Waals surface area contributed by atoms with E-state index in [0.29, 0.717) is 36.8 Å². The van der Waals surface area contributed by atoms with Crippen LogP contribution in [0.15, 0.2) is 18.2 Å². The minimum atomic E-state index is -0.147. The molecule has 1 aliphatic heterocycles. The molecule has 1 atom stereocenters. The highest BCUT2D eigenvalue weighted by molar-refractivity contribution is 6.20. The molecule has 0 fully saturated rings. The SMILES string of the molecule is CCC(Cl)CNC(=O)c1ccc2c(c1)OCCO2. The van der Waals surface area contributed by atoms with Gasteiger partial charge in [-0.05, 0) is 24.6 Å². The van der Waals surface area contributed by atoms with Gasteiger partial charge in [0, 0.05) is 12.1 Å². The Morgan fingerprint density at radius 1 is 1.39 bits per heavy atom. The lowest BCUT2D eigenvalue weighted by molar-refractivity contribution is 0.0952. The molecule has 1 aromatic rings. The maximum Gasteiger partial charge on any atom is 0.251 e. The summed E-state index contributed by atoms with van der Waals surface area (Å²) in [5, 5.41) is 2.75. The molecule has 0 radical (unpaired) electrons. The smallest absolute Gasteiger partial charge is 0.251 e. The van der Waals surface area contributed by atoms with Crippen molar-refractivity contribution >= 4 is 17.5 Å². The monoisotopic (exact) mass is 269 g/mol. The molecule has 1 amide bonds. The van der Waals surface area contributed by atoms with E-state index in [1.807, 2.05) is 6.92 Å². The average molecular weight is 270 g/mol. The fourth-order valence-electron chi connectivity index (χ4n) is 1.63. The zero-order valence-corrected chi connectivity index (χ0v) is 11.0. The van der Waals surface area contributed by atoms with Crippen LogP contribution >= 0.6 is 11.6 Å². The molecule has 0 saturated carbocycles. The van der Waals surface area contributed by atoms with Crippen LogP contribution in [0.25, 0.3) is 0 Å². The highest BCUT2D eigenvalue weighted by Gasteiger charge is 2.15. The molecule has 98 valence electrons. The maximum atomic E-state index is 11.9. The van der Waals surface area contributed by atoms with E-state index in [0.717, 1.165) is 6.42 Å². The van der Waals surface area contributed by atoms with Crippen molar-refractivity contribution in [3.63, 3.8) is 0 Å². The summed E-state index contributed by atoms with van der Waals surface area (Å²) in [5.74, 6) is 1.15. The second-order valence-electron chi connectivity index (χ2n) is 4.07. The summed E-state index contributed by atoms with van der Waals surface area (Å²) >= 11 is 5.95. The highest BCUT2D eigenvalue weighted by Crippen LogP contribution is 2.30. The number of carbonyl (C=O) groups is 1. The quantitative estimate of drug-likeness (QED) is 0.853. The number of nitrogens with one attached hydrogen (secondary N) is 1. The number of hydrogen-bond acceptors (Lipinski definition) is 3. The van der Waals surface area contributed by atoms with Gasteiger partial charge in [-0.25, -0.2) is 0 Å². The molecule has 1 aliphatic rings. The Bertz CT molecular complexity index is 436. The fraction of sp³-hybridized carbons (Fsp3) is 0.462. The van der Waals surface area contributed by atoms with Crippen molar-refractivity contribution in [1.29, 1.82) is 0 Å². The Balaban J connectivity index is 2.02. The molecule has 1 aromatic carbocycles. The number of amides is 1. The first-order valence-corrected chi connectivity index (χ1v) is 6.46. The van der Waals surface area contributed by atoms with Crippen LogP contribution in [0.1, 0.15) is 23.7 Å². The van der Waals surface area contributed by atoms with Gasteiger partial charge in [0.1, 0.15) is 13.2 Å². The summed E-state index contributed by atoms with van der Waals surface area (Å²) < 4.78 is 10.8. The lowest BCUT2D eigenvalue weighted by Crippen LogP contribution is -2.29. The van der Waals surface area contributed by atoms with E-state index < -0.39 is 0 Å². The van der Waals surface area contributed by atoms with Crippen molar-refractivity contribution in [2.75, 3.05) is 19.8 Å². The van der Waals surface area contributed by atoms with Gasteiger partial charge in [0.25, 0.3) is 5.91 Å². The number of hydrogen-bond donors (Lipinski definition) is 1. The molecule has 4 nitrogen and oxygen atoms in total. The van der Waals surface area contributed by atoms with Gasteiger partial charge in [-0.2, -0.15) is 0 Å². The Labute approximate surface area is 111 Å². The van der Waals surface area contributed by atoms with Crippen molar-refractivity contribution in [3.05, 3.63) is 23.8 Å². The van der Waals surface area contributed by atoms with Crippen LogP contribution in [0.4, 0.5) is 0 Å². The molecule has 2 rings (SSSR count). The van der Waals surface area contributed by atoms with Gasteiger partial charge >= 0.3 is 0 Å². The Morgan fingerprint density at radius 2 is 2.11 bits per heavy atom. The maximum absolute atomic E-state index is 11.9. The molecule has 0 spiro atoms. The normalized spacial score (nSPS) is 15.0. The summed E-state index contributed by atoms with van der Waals surface area (Å²) in [6.45, 7) is 3.50. The average Bonchev–Trinajstić information content (AvgIpc) is 2.43. The molecule has 18 heavy (non-hydrogen) atoms. The Kier molecular flexibility index (Phi) is 4.31. The summed E-state index contributed by atoms with van der Waals surface area (Å²) in [4.78, 5) is 11.9. The van der Waals surface area contributed by atoms with E-state index in [-0.39, 0.29) is 11.3 Å². The molecule has 0 saturated heterocycles. The molecule has 1 heterocycles. The van der Waals surface area contributed by atoms with E-state index >= 15 is 0 Å². The number of rotatable bonds is 4. The minimum Gasteiger partial charge on any atom is -0.486 e. The molecular weight excluding hydrogens is 254 g/mol. The summed E-state index contributed by atoms with van der Waals surface area (Å²) in [7, 11) is 0. The van der Waals surface area contributed by atoms with Gasteiger partial charge in [0.05, 0.1) is 5.38 Å². The van der Waals surface area contributed by atoms with Crippen LogP contribution in [-0.4, -0.2) is 31.0 Å². The number of ether oxygens (including phenoxy) is 2. The van der Waals surface area contributed by atoms with Crippen molar-refractivity contribution in [1.82, 2.24) is 5.32 Å². The Hall–Kier alpha value is -1.42. The summed E-state index contributed by atoms with van der Waals surface area (Å²) in [6.07, 6.45) is 0.822. The summed E-state index contributed by atoms with van der Waals surface area (Å²) in [5.41, 5.74) is 0.555. The molecule has 0 bridgehead atoms. The fourth-order valence-corrected chi connectivity index (χ4v) is 1.71. The van der Waals surface area contributed by atoms with Crippen molar-refractivity contribution in [2.24, 2.45) is 0 Å². The lowest BCUT2D eigenvalue weighted by atomic mass is 10.1. The first-order valence-electron chi connectivity index (χ1n) is 6.02. The predicted octanol–water partition coefficient (Wildman–Crippen LogP) is 2.21. The van der Waals surface area contributed by atoms with Crippen LogP contribution in [0.5, 0.6) is 11.5 Å². The number of halogens is 1. The third-order valence-corrected chi connectivity index (χ3v) is 3.19. The number of carbonyl (C=O) groups excluding carboxylic acids is 1. The zero-order chi connectivity index (χ0) is 13.0. The second-order valence-corrected chi connectivity index (χ2v) is 4.69. The standard InChI is InChI=1S/C13H16ClNO3/c1-2-10(14)8-15-13(16)9-3-4-11-12(7-9)18-6-5-17-11/h3-4,7,10H,2,5-6,8H2,1H3,(H,15,16). The second kappa shape index (κ2) is 5.96. The van der Waals surface area contributed by atoms with Crippen LogP contribution in [0.2, 0.25) is 0 Å². The molecule has 1 unspecified atom stereocenters. The van der Waals surface area contributed by atoms with Crippen LogP contribution in [0.3, 0.4) is 0 Å². The zero-order valence-electron chi connectivity index (χ0n) is 10.2. The van der Waals surface area contributed by atoms with Crippen molar-refractivity contribution in [3.8, 4) is 11.5 Å². The molecular formula is C13H16ClNO3. The first-order chi connectivity index (χ1) is 8.70. The first kappa shape index (κ1) is 13.0. The van der Waals surface area contributed by atoms with E-state index in [9.17, 15) is 4.79 Å². The largest absolute Gasteiger partial charge is 0.486 e. The molecule has 5 heteroatoms. The topological polar surface area (TPSA) is 47.6 Å². The van der Waals surface area contributed by atoms with Gasteiger partial charge in [0.15, 0.2) is 11.5 Å². The predicted molar refractivity (Wildman–Crippen MR) is 69.7 cm³/mol. The highest BCUT2D eigenvalue weighted by atomic mass is 35.5. The van der Waals surface area contributed by atoms with Crippen molar-refractivity contribution in [2.45, 2.75) is 18.7 Å². The van der Waals surface area contributed by atoms with Gasteiger partial charge in [0.2, 0.25) is 0 Å². The number of fused-ring (bicyclic) bond motifs is 1. The van der Waals surface area contributed by atoms with E-state index in [1.165, 1.54) is 0 Å². The van der Waals surface area contributed by atoms with Gasteiger partial charge in [-0.15, -0.1) is 11.6 Å². The summed E-state index contributed by atoms with van der Waals surface area (Å²) in [6, 6.07) is 5.17. The third-order valence-electron chi connectivity index (χ3n) is 2.73. The van der Waals surface area contributed by atoms with Gasteiger partial charge in [-0.3, -0.25) is 4.79 Å². The van der Waals surface area contributed by atoms with Crippen LogP contribution < -0.4 is 14.8 Å². The number of alkyl halides is 1. The van der Waals surface area contributed by atoms with Crippen LogP contribution in [0, 0.1) is 0 Å². The van der Waals surface area contributed by atoms with Gasteiger partial charge in [-0.1, -0.05) is 6.92 Å². The van der Waals surface area contributed by atoms with E-state index in [4.69, 9.17) is 21.1 Å². The van der Waals surface area contributed by atoms with Crippen molar-refractivity contribution < 1.29 is 14.3 Å². The Morgan fingerprint density at radius 3 is 2.83 bits per heavy atom. The van der Waals surface area contributed by atoms with E-state index in [1.54, 1.807) is 18.2 Å². The van der Waals surface area contributed by atoms with Crippen LogP contribution in [-0.2, 0) is 0 Å². The lowest BCUT2D eigenvalue weighted by Gasteiger charge is -2.18.